The van der Waals surface area contributed by atoms with E-state index in [-0.39, 0.29) is 23.6 Å². The third-order valence-corrected chi connectivity index (χ3v) is 6.24. The van der Waals surface area contributed by atoms with Crippen LogP contribution in [-0.2, 0) is 9.31 Å². The fourth-order valence-corrected chi connectivity index (χ4v) is 3.42. The fraction of sp³-hybridized carbons (Fsp3) is 1.00. The molecule has 1 fully saturated rings. The van der Waals surface area contributed by atoms with E-state index < -0.39 is 19.3 Å². The van der Waals surface area contributed by atoms with Gasteiger partial charge < -0.3 is 9.31 Å². The molecule has 0 N–H and O–H groups in total. The summed E-state index contributed by atoms with van der Waals surface area (Å²) < 4.78 is 15.6. The molecular formula is C10H21B2INO2P. The molecule has 0 saturated carbocycles. The maximum atomic E-state index is 5.91. The summed E-state index contributed by atoms with van der Waals surface area (Å²) in [5.41, 5.74) is 4.79. The second-order valence-electron chi connectivity index (χ2n) is 6.38. The van der Waals surface area contributed by atoms with Gasteiger partial charge in [0.2, 0.25) is 0 Å². The van der Waals surface area contributed by atoms with Crippen molar-refractivity contribution in [3.8, 4) is 0 Å². The molecule has 2 aliphatic heterocycles. The van der Waals surface area contributed by atoms with Gasteiger partial charge in [0.05, 0.1) is 11.2 Å². The van der Waals surface area contributed by atoms with E-state index in [2.05, 4.69) is 51.4 Å². The van der Waals surface area contributed by atoms with Gasteiger partial charge in [-0.2, -0.15) is 0 Å². The van der Waals surface area contributed by atoms with Gasteiger partial charge in [0.1, 0.15) is 0 Å². The fourth-order valence-electron chi connectivity index (χ4n) is 1.21. The molecule has 0 aliphatic carbocycles. The standard InChI is InChI=1S/C10H21BO2.BINP/c1-8(2,3)11-12-9(4,5)10(6,7)13-11;1-2-3-4-2/h1-7H3;. The van der Waals surface area contributed by atoms with Crippen LogP contribution in [0.3, 0.4) is 0 Å². The SMILES string of the molecule is CC(C)(C)B1OC(C)(C)C(C)(C)O1.[B]I1N=P1. The first kappa shape index (κ1) is 15.9. The summed E-state index contributed by atoms with van der Waals surface area (Å²) >= 11 is -0.916. The summed E-state index contributed by atoms with van der Waals surface area (Å²) in [6.45, 7) is 14.7. The van der Waals surface area contributed by atoms with E-state index >= 15 is 0 Å². The number of hydrogen-bond acceptors (Lipinski definition) is 3. The molecule has 0 spiro atoms. The van der Waals surface area contributed by atoms with Gasteiger partial charge in [0.25, 0.3) is 0 Å². The first-order valence-electron chi connectivity index (χ1n) is 5.67. The molecule has 0 unspecified atom stereocenters. The van der Waals surface area contributed by atoms with Crippen LogP contribution in [-0.4, -0.2) is 24.0 Å². The molecule has 2 rings (SSSR count). The van der Waals surface area contributed by atoms with Crippen molar-refractivity contribution in [1.29, 1.82) is 0 Å². The third kappa shape index (κ3) is 4.48. The Balaban J connectivity index is 0.000000302. The van der Waals surface area contributed by atoms with Crippen molar-refractivity contribution in [2.24, 2.45) is 2.96 Å². The van der Waals surface area contributed by atoms with Crippen molar-refractivity contribution in [3.63, 3.8) is 0 Å². The van der Waals surface area contributed by atoms with Crippen LogP contribution in [0.2, 0.25) is 5.31 Å². The topological polar surface area (TPSA) is 30.8 Å². The minimum absolute atomic E-state index is 0.0467. The van der Waals surface area contributed by atoms with Gasteiger partial charge in [-0.1, -0.05) is 20.8 Å². The molecule has 2 radical (unpaired) electrons. The zero-order valence-electron chi connectivity index (χ0n) is 11.7. The molecule has 2 heterocycles. The van der Waals surface area contributed by atoms with Crippen LogP contribution in [0.4, 0.5) is 0 Å². The van der Waals surface area contributed by atoms with Crippen molar-refractivity contribution in [2.75, 3.05) is 0 Å². The summed E-state index contributed by atoms with van der Waals surface area (Å²) in [5, 5.41) is 0.0467. The second kappa shape index (κ2) is 5.10. The van der Waals surface area contributed by atoms with E-state index in [0.717, 1.165) is 0 Å². The Kier molecular flexibility index (Phi) is 4.78. The molecule has 3 nitrogen and oxygen atoms in total. The predicted octanol–water partition coefficient (Wildman–Crippen LogP) is 4.43. The van der Waals surface area contributed by atoms with E-state index in [1.165, 1.54) is 6.02 Å². The van der Waals surface area contributed by atoms with Crippen molar-refractivity contribution in [1.82, 2.24) is 0 Å². The van der Waals surface area contributed by atoms with Gasteiger partial charge in [-0.15, -0.1) is 0 Å². The first-order valence-corrected chi connectivity index (χ1v) is 11.5. The summed E-state index contributed by atoms with van der Waals surface area (Å²) in [6, 6.07) is 1.22. The Morgan fingerprint density at radius 3 is 1.53 bits per heavy atom. The maximum absolute atomic E-state index is 5.91. The molecule has 0 aromatic heterocycles. The number of halogens is 1. The van der Waals surface area contributed by atoms with Gasteiger partial charge in [-0.05, 0) is 33.0 Å². The molecule has 0 aromatic carbocycles. The van der Waals surface area contributed by atoms with Crippen LogP contribution < -0.4 is 0 Å². The van der Waals surface area contributed by atoms with Gasteiger partial charge >= 0.3 is 41.1 Å². The van der Waals surface area contributed by atoms with Crippen LogP contribution in [0.25, 0.3) is 0 Å². The molecule has 0 atom stereocenters. The van der Waals surface area contributed by atoms with Crippen LogP contribution in [0.15, 0.2) is 2.96 Å². The third-order valence-electron chi connectivity index (χ3n) is 3.12. The molecule has 0 amide bonds. The van der Waals surface area contributed by atoms with Crippen LogP contribution in [0.1, 0.15) is 48.5 Å². The molecule has 2 aliphatic rings. The van der Waals surface area contributed by atoms with Crippen molar-refractivity contribution in [3.05, 3.63) is 0 Å². The van der Waals surface area contributed by atoms with Crippen molar-refractivity contribution < 1.29 is 9.31 Å². The van der Waals surface area contributed by atoms with E-state index in [9.17, 15) is 0 Å². The normalized spacial score (nSPS) is 27.5. The van der Waals surface area contributed by atoms with Crippen LogP contribution >= 0.6 is 25.3 Å². The molecule has 96 valence electrons. The Morgan fingerprint density at radius 1 is 1.12 bits per heavy atom. The molecule has 1 saturated heterocycles. The Bertz CT molecular complexity index is 296. The zero-order valence-corrected chi connectivity index (χ0v) is 14.8. The van der Waals surface area contributed by atoms with E-state index in [0.29, 0.717) is 0 Å². The van der Waals surface area contributed by atoms with E-state index in [1.807, 2.05) is 0 Å². The van der Waals surface area contributed by atoms with Gasteiger partial charge in [-0.3, -0.25) is 0 Å². The number of nitrogens with zero attached hydrogens (tertiary/aromatic N) is 1. The summed E-state index contributed by atoms with van der Waals surface area (Å²) in [4.78, 5) is 0. The quantitative estimate of drug-likeness (QED) is 0.361. The van der Waals surface area contributed by atoms with Crippen molar-refractivity contribution >= 4 is 38.2 Å². The molecule has 0 aromatic rings. The van der Waals surface area contributed by atoms with Gasteiger partial charge in [0.15, 0.2) is 0 Å². The molecular weight excluding hydrogens is 346 g/mol. The molecule has 7 heteroatoms. The Labute approximate surface area is 115 Å². The minimum atomic E-state index is -0.916. The monoisotopic (exact) mass is 367 g/mol. The number of hydrogen-bond donors (Lipinski definition) is 0. The van der Waals surface area contributed by atoms with Crippen molar-refractivity contribution in [2.45, 2.75) is 65.0 Å². The molecule has 0 bridgehead atoms. The summed E-state index contributed by atoms with van der Waals surface area (Å²) in [6.07, 6.45) is 0. The second-order valence-corrected chi connectivity index (χ2v) is 13.1. The zero-order chi connectivity index (χ0) is 13.5. The van der Waals surface area contributed by atoms with Crippen LogP contribution in [0.5, 0.6) is 0 Å². The Hall–Kier alpha value is 0.880. The number of rotatable bonds is 0. The average molecular weight is 367 g/mol. The first-order chi connectivity index (χ1) is 7.46. The summed E-state index contributed by atoms with van der Waals surface area (Å²) in [5.74, 6) is 0. The van der Waals surface area contributed by atoms with E-state index in [1.54, 1.807) is 0 Å². The van der Waals surface area contributed by atoms with Gasteiger partial charge in [0, 0.05) is 0 Å². The Morgan fingerprint density at radius 2 is 1.41 bits per heavy atom. The van der Waals surface area contributed by atoms with Crippen LogP contribution in [0, 0.1) is 0 Å². The average Bonchev–Trinajstić information content (AvgIpc) is 2.80. The van der Waals surface area contributed by atoms with E-state index in [4.69, 9.17) is 15.0 Å². The van der Waals surface area contributed by atoms with Gasteiger partial charge in [-0.25, -0.2) is 0 Å². The molecule has 17 heavy (non-hydrogen) atoms. The predicted molar refractivity (Wildman–Crippen MR) is 84.9 cm³/mol. The summed E-state index contributed by atoms with van der Waals surface area (Å²) in [7, 11) is -0.0995.